The zero-order valence-corrected chi connectivity index (χ0v) is 13.3. The van der Waals surface area contributed by atoms with Gasteiger partial charge >= 0.3 is 0 Å². The molecule has 0 aliphatic carbocycles. The van der Waals surface area contributed by atoms with E-state index in [4.69, 9.17) is 10.5 Å². The average molecular weight is 319 g/mol. The number of hydrogen-bond acceptors (Lipinski definition) is 5. The van der Waals surface area contributed by atoms with Gasteiger partial charge in [0.15, 0.2) is 0 Å². The van der Waals surface area contributed by atoms with Crippen LogP contribution in [0, 0.1) is 5.92 Å². The SMILES string of the molecule is CCS(=O)(=O)N1CCN(C2CCOCC2)CC(C(N)=O)C1. The standard InChI is InChI=1S/C13H25N3O4S/c1-2-21(18,19)16-6-5-15(9-11(10-16)13(14)17)12-3-7-20-8-4-12/h11-12H,2-10H2,1H3,(H2,14,17). The normalized spacial score (nSPS) is 27.4. The Morgan fingerprint density at radius 1 is 1.24 bits per heavy atom. The summed E-state index contributed by atoms with van der Waals surface area (Å²) < 4.78 is 31.0. The van der Waals surface area contributed by atoms with Crippen molar-refractivity contribution in [3.05, 3.63) is 0 Å². The minimum Gasteiger partial charge on any atom is -0.381 e. The van der Waals surface area contributed by atoms with Crippen molar-refractivity contribution in [3.8, 4) is 0 Å². The van der Waals surface area contributed by atoms with Crippen LogP contribution in [0.1, 0.15) is 19.8 Å². The maximum Gasteiger partial charge on any atom is 0.223 e. The van der Waals surface area contributed by atoms with Crippen molar-refractivity contribution in [2.75, 3.05) is 45.1 Å². The van der Waals surface area contributed by atoms with E-state index in [1.54, 1.807) is 6.92 Å². The summed E-state index contributed by atoms with van der Waals surface area (Å²) in [5.41, 5.74) is 5.46. The van der Waals surface area contributed by atoms with Crippen molar-refractivity contribution >= 4 is 15.9 Å². The second-order valence-electron chi connectivity index (χ2n) is 5.70. The van der Waals surface area contributed by atoms with Gasteiger partial charge in [0.2, 0.25) is 15.9 Å². The number of carbonyl (C=O) groups excluding carboxylic acids is 1. The molecule has 2 N–H and O–H groups in total. The van der Waals surface area contributed by atoms with Gasteiger partial charge in [-0.05, 0) is 19.8 Å². The Morgan fingerprint density at radius 2 is 1.90 bits per heavy atom. The molecule has 0 bridgehead atoms. The summed E-state index contributed by atoms with van der Waals surface area (Å²) in [6, 6.07) is 0.352. The highest BCUT2D eigenvalue weighted by Gasteiger charge is 2.34. The van der Waals surface area contributed by atoms with Crippen LogP contribution >= 0.6 is 0 Å². The van der Waals surface area contributed by atoms with Crippen molar-refractivity contribution in [3.63, 3.8) is 0 Å². The molecular formula is C13H25N3O4S. The van der Waals surface area contributed by atoms with Crippen LogP contribution in [-0.2, 0) is 19.6 Å². The Bertz CT molecular complexity index is 462. The molecule has 7 nitrogen and oxygen atoms in total. The summed E-state index contributed by atoms with van der Waals surface area (Å²) >= 11 is 0. The van der Waals surface area contributed by atoms with E-state index in [1.807, 2.05) is 0 Å². The van der Waals surface area contributed by atoms with Crippen LogP contribution in [0.5, 0.6) is 0 Å². The van der Waals surface area contributed by atoms with Gasteiger partial charge in [0.25, 0.3) is 0 Å². The summed E-state index contributed by atoms with van der Waals surface area (Å²) in [5, 5.41) is 0. The lowest BCUT2D eigenvalue weighted by Gasteiger charge is -2.34. The predicted octanol–water partition coefficient (Wildman–Crippen LogP) is -0.766. The summed E-state index contributed by atoms with van der Waals surface area (Å²) in [6.07, 6.45) is 1.85. The smallest absolute Gasteiger partial charge is 0.223 e. The molecule has 2 fully saturated rings. The van der Waals surface area contributed by atoms with Crippen LogP contribution in [0.4, 0.5) is 0 Å². The summed E-state index contributed by atoms with van der Waals surface area (Å²) in [4.78, 5) is 13.9. The number of ether oxygens (including phenoxy) is 1. The first-order chi connectivity index (χ1) is 9.94. The second kappa shape index (κ2) is 7.04. The molecule has 1 amide bonds. The maximum absolute atomic E-state index is 12.1. The third kappa shape index (κ3) is 4.15. The first kappa shape index (κ1) is 16.7. The van der Waals surface area contributed by atoms with E-state index in [0.29, 0.717) is 25.7 Å². The molecule has 0 aromatic rings. The molecule has 2 saturated heterocycles. The van der Waals surface area contributed by atoms with Gasteiger partial charge in [-0.15, -0.1) is 0 Å². The monoisotopic (exact) mass is 319 g/mol. The fraction of sp³-hybridized carbons (Fsp3) is 0.923. The number of hydrogen-bond donors (Lipinski definition) is 1. The zero-order chi connectivity index (χ0) is 15.5. The van der Waals surface area contributed by atoms with Gasteiger partial charge in [0, 0.05) is 45.4 Å². The van der Waals surface area contributed by atoms with E-state index in [9.17, 15) is 13.2 Å². The maximum atomic E-state index is 12.1. The highest BCUT2D eigenvalue weighted by atomic mass is 32.2. The first-order valence-corrected chi connectivity index (χ1v) is 9.14. The molecule has 122 valence electrons. The van der Waals surface area contributed by atoms with Crippen LogP contribution in [-0.4, -0.2) is 74.7 Å². The van der Waals surface area contributed by atoms with Gasteiger partial charge in [-0.1, -0.05) is 0 Å². The van der Waals surface area contributed by atoms with E-state index in [2.05, 4.69) is 4.90 Å². The predicted molar refractivity (Wildman–Crippen MR) is 79.1 cm³/mol. The van der Waals surface area contributed by atoms with E-state index < -0.39 is 21.8 Å². The van der Waals surface area contributed by atoms with Gasteiger partial charge < -0.3 is 10.5 Å². The number of primary amides is 1. The van der Waals surface area contributed by atoms with Gasteiger partial charge in [-0.25, -0.2) is 8.42 Å². The van der Waals surface area contributed by atoms with Crippen LogP contribution in [0.15, 0.2) is 0 Å². The fourth-order valence-corrected chi connectivity index (χ4v) is 4.14. The molecule has 2 heterocycles. The minimum absolute atomic E-state index is 0.0513. The third-order valence-electron chi connectivity index (χ3n) is 4.38. The van der Waals surface area contributed by atoms with Crippen LogP contribution in [0.2, 0.25) is 0 Å². The lowest BCUT2D eigenvalue weighted by molar-refractivity contribution is -0.122. The van der Waals surface area contributed by atoms with Crippen LogP contribution in [0.25, 0.3) is 0 Å². The Balaban J connectivity index is 2.12. The average Bonchev–Trinajstić information content (AvgIpc) is 2.72. The van der Waals surface area contributed by atoms with Crippen molar-refractivity contribution < 1.29 is 17.9 Å². The minimum atomic E-state index is -3.29. The van der Waals surface area contributed by atoms with Crippen LogP contribution < -0.4 is 5.73 Å². The fourth-order valence-electron chi connectivity index (χ4n) is 3.01. The third-order valence-corrected chi connectivity index (χ3v) is 6.23. The number of nitrogens with zero attached hydrogens (tertiary/aromatic N) is 2. The molecule has 0 aromatic heterocycles. The molecule has 0 spiro atoms. The van der Waals surface area contributed by atoms with E-state index in [-0.39, 0.29) is 12.3 Å². The molecular weight excluding hydrogens is 294 g/mol. The molecule has 2 aliphatic heterocycles. The largest absolute Gasteiger partial charge is 0.381 e. The molecule has 0 aromatic carbocycles. The number of rotatable bonds is 4. The van der Waals surface area contributed by atoms with Gasteiger partial charge in [0.1, 0.15) is 0 Å². The Kier molecular flexibility index (Phi) is 5.59. The summed E-state index contributed by atoms with van der Waals surface area (Å²) in [5.74, 6) is -0.822. The molecule has 0 saturated carbocycles. The summed E-state index contributed by atoms with van der Waals surface area (Å²) in [6.45, 7) is 4.88. The molecule has 2 aliphatic rings. The number of sulfonamides is 1. The molecule has 8 heteroatoms. The van der Waals surface area contributed by atoms with Crippen molar-refractivity contribution in [2.24, 2.45) is 11.7 Å². The number of carbonyl (C=O) groups is 1. The van der Waals surface area contributed by atoms with E-state index in [1.165, 1.54) is 4.31 Å². The second-order valence-corrected chi connectivity index (χ2v) is 7.95. The Hall–Kier alpha value is -0.700. The number of amides is 1. The van der Waals surface area contributed by atoms with Crippen molar-refractivity contribution in [2.45, 2.75) is 25.8 Å². The molecule has 0 radical (unpaired) electrons. The zero-order valence-electron chi connectivity index (χ0n) is 12.5. The highest BCUT2D eigenvalue weighted by Crippen LogP contribution is 2.20. The molecule has 1 unspecified atom stereocenters. The molecule has 2 rings (SSSR count). The topological polar surface area (TPSA) is 92.9 Å². The number of nitrogens with two attached hydrogens (primary N) is 1. The van der Waals surface area contributed by atoms with Gasteiger partial charge in [0.05, 0.1) is 11.7 Å². The van der Waals surface area contributed by atoms with Crippen molar-refractivity contribution in [1.29, 1.82) is 0 Å². The highest BCUT2D eigenvalue weighted by molar-refractivity contribution is 7.89. The van der Waals surface area contributed by atoms with Gasteiger partial charge in [-0.2, -0.15) is 4.31 Å². The van der Waals surface area contributed by atoms with Crippen LogP contribution in [0.3, 0.4) is 0 Å². The first-order valence-electron chi connectivity index (χ1n) is 7.53. The quantitative estimate of drug-likeness (QED) is 0.735. The lowest BCUT2D eigenvalue weighted by Crippen LogP contribution is -2.44. The van der Waals surface area contributed by atoms with E-state index in [0.717, 1.165) is 26.1 Å². The summed E-state index contributed by atoms with van der Waals surface area (Å²) in [7, 11) is -3.29. The van der Waals surface area contributed by atoms with Gasteiger partial charge in [-0.3, -0.25) is 9.69 Å². The Labute approximate surface area is 126 Å². The molecule has 1 atom stereocenters. The molecule has 21 heavy (non-hydrogen) atoms. The van der Waals surface area contributed by atoms with Crippen molar-refractivity contribution in [1.82, 2.24) is 9.21 Å². The Morgan fingerprint density at radius 3 is 2.48 bits per heavy atom. The lowest BCUT2D eigenvalue weighted by atomic mass is 10.0. The van der Waals surface area contributed by atoms with E-state index >= 15 is 0 Å².